The number of carboxylic acid groups (broad SMARTS) is 1. The Morgan fingerprint density at radius 2 is 1.90 bits per heavy atom. The number of nitrogens with one attached hydrogen (secondary N) is 1. The number of carbonyl (C=O) groups excluding carboxylic acids is 1. The maximum Gasteiger partial charge on any atom is 0.371 e. The smallest absolute Gasteiger partial charge is 0.371 e. The molecule has 0 radical (unpaired) electrons. The minimum atomic E-state index is -1.11. The van der Waals surface area contributed by atoms with Crippen molar-refractivity contribution >= 4 is 28.5 Å². The predicted octanol–water partition coefficient (Wildman–Crippen LogP) is 3.75. The van der Waals surface area contributed by atoms with Crippen molar-refractivity contribution < 1.29 is 19.1 Å². The largest absolute Gasteiger partial charge is 0.475 e. The Hall–Kier alpha value is -2.30. The van der Waals surface area contributed by atoms with Crippen LogP contribution in [0.1, 0.15) is 38.2 Å². The lowest BCUT2D eigenvalue weighted by Crippen LogP contribution is -2.30. The van der Waals surface area contributed by atoms with Gasteiger partial charge in [0.15, 0.2) is 0 Å². The Bertz CT molecular complexity index is 694. The van der Waals surface area contributed by atoms with Gasteiger partial charge in [-0.05, 0) is 29.7 Å². The third-order valence-corrected chi connectivity index (χ3v) is 3.69. The molecule has 112 valence electrons. The van der Waals surface area contributed by atoms with Gasteiger partial charge in [0.1, 0.15) is 5.58 Å². The van der Waals surface area contributed by atoms with E-state index in [0.717, 1.165) is 0 Å². The second-order valence-electron chi connectivity index (χ2n) is 6.25. The van der Waals surface area contributed by atoms with Crippen molar-refractivity contribution in [3.63, 3.8) is 0 Å². The monoisotopic (exact) mass is 289 g/mol. The van der Waals surface area contributed by atoms with E-state index >= 15 is 0 Å². The van der Waals surface area contributed by atoms with Gasteiger partial charge in [-0.15, -0.1) is 0 Å². The molecule has 2 N–H and O–H groups in total. The fraction of sp³-hybridized carbons (Fsp3) is 0.375. The molecule has 5 heteroatoms. The third kappa shape index (κ3) is 3.24. The van der Waals surface area contributed by atoms with Crippen LogP contribution in [0.25, 0.3) is 11.0 Å². The van der Waals surface area contributed by atoms with E-state index < -0.39 is 5.97 Å². The van der Waals surface area contributed by atoms with Crippen LogP contribution in [-0.2, 0) is 4.79 Å². The van der Waals surface area contributed by atoms with Gasteiger partial charge in [-0.3, -0.25) is 4.79 Å². The molecule has 2 aromatic rings. The average molecular weight is 289 g/mol. The summed E-state index contributed by atoms with van der Waals surface area (Å²) >= 11 is 0. The minimum Gasteiger partial charge on any atom is -0.475 e. The predicted molar refractivity (Wildman–Crippen MR) is 80.4 cm³/mol. The number of aromatic carboxylic acids is 1. The Kier molecular flexibility index (Phi) is 3.77. The van der Waals surface area contributed by atoms with Crippen LogP contribution < -0.4 is 5.32 Å². The summed E-state index contributed by atoms with van der Waals surface area (Å²) in [5, 5.41) is 12.4. The van der Waals surface area contributed by atoms with E-state index in [2.05, 4.69) is 5.32 Å². The first-order valence-corrected chi connectivity index (χ1v) is 6.76. The van der Waals surface area contributed by atoms with Crippen LogP contribution in [0.4, 0.5) is 5.69 Å². The van der Waals surface area contributed by atoms with Crippen LogP contribution in [0.3, 0.4) is 0 Å². The summed E-state index contributed by atoms with van der Waals surface area (Å²) in [7, 11) is 0. The summed E-state index contributed by atoms with van der Waals surface area (Å²) in [6, 6.07) is 6.50. The standard InChI is InChI=1S/C16H19NO4/c1-9(16(2,3)4)14(18)17-11-5-6-12-10(7-11)8-13(21-12)15(19)20/h5-9H,1-4H3,(H,17,18)(H,19,20). The summed E-state index contributed by atoms with van der Waals surface area (Å²) < 4.78 is 5.18. The number of anilines is 1. The molecular formula is C16H19NO4. The van der Waals surface area contributed by atoms with Crippen molar-refractivity contribution in [2.24, 2.45) is 11.3 Å². The van der Waals surface area contributed by atoms with E-state index in [-0.39, 0.29) is 23.0 Å². The highest BCUT2D eigenvalue weighted by atomic mass is 16.4. The molecule has 1 unspecified atom stereocenters. The molecule has 1 heterocycles. The zero-order chi connectivity index (χ0) is 15.8. The lowest BCUT2D eigenvalue weighted by Gasteiger charge is -2.26. The summed E-state index contributed by atoms with van der Waals surface area (Å²) in [6.07, 6.45) is 0. The van der Waals surface area contributed by atoms with Crippen LogP contribution in [0.15, 0.2) is 28.7 Å². The maximum absolute atomic E-state index is 12.2. The summed E-state index contributed by atoms with van der Waals surface area (Å²) in [4.78, 5) is 23.0. The highest BCUT2D eigenvalue weighted by Gasteiger charge is 2.26. The van der Waals surface area contributed by atoms with Crippen LogP contribution in [-0.4, -0.2) is 17.0 Å². The molecule has 0 spiro atoms. The molecule has 5 nitrogen and oxygen atoms in total. The number of amides is 1. The van der Waals surface area contributed by atoms with E-state index in [1.165, 1.54) is 6.07 Å². The van der Waals surface area contributed by atoms with Crippen molar-refractivity contribution in [2.75, 3.05) is 5.32 Å². The molecule has 1 aromatic carbocycles. The Morgan fingerprint density at radius 3 is 2.48 bits per heavy atom. The molecule has 2 rings (SSSR count). The molecule has 0 aliphatic heterocycles. The van der Waals surface area contributed by atoms with Crippen molar-refractivity contribution in [3.8, 4) is 0 Å². The quantitative estimate of drug-likeness (QED) is 0.901. The van der Waals surface area contributed by atoms with Gasteiger partial charge in [-0.1, -0.05) is 27.7 Å². The lowest BCUT2D eigenvalue weighted by atomic mass is 9.81. The molecule has 0 aliphatic rings. The van der Waals surface area contributed by atoms with Crippen LogP contribution in [0.5, 0.6) is 0 Å². The van der Waals surface area contributed by atoms with Crippen LogP contribution in [0.2, 0.25) is 0 Å². The topological polar surface area (TPSA) is 79.5 Å². The number of furan rings is 1. The van der Waals surface area contributed by atoms with E-state index in [1.54, 1.807) is 18.2 Å². The van der Waals surface area contributed by atoms with Gasteiger partial charge in [0.25, 0.3) is 0 Å². The third-order valence-electron chi connectivity index (χ3n) is 3.69. The van der Waals surface area contributed by atoms with Crippen molar-refractivity contribution in [3.05, 3.63) is 30.0 Å². The van der Waals surface area contributed by atoms with E-state index in [4.69, 9.17) is 9.52 Å². The minimum absolute atomic E-state index is 0.0659. The molecule has 0 saturated heterocycles. The zero-order valence-electron chi connectivity index (χ0n) is 12.6. The Balaban J connectivity index is 2.23. The number of hydrogen-bond acceptors (Lipinski definition) is 3. The van der Waals surface area contributed by atoms with Crippen molar-refractivity contribution in [2.45, 2.75) is 27.7 Å². The fourth-order valence-electron chi connectivity index (χ4n) is 1.87. The van der Waals surface area contributed by atoms with Crippen molar-refractivity contribution in [1.82, 2.24) is 0 Å². The van der Waals surface area contributed by atoms with E-state index in [0.29, 0.717) is 16.7 Å². The molecule has 21 heavy (non-hydrogen) atoms. The summed E-state index contributed by atoms with van der Waals surface area (Å²) in [5.74, 6) is -1.44. The van der Waals surface area contributed by atoms with Crippen LogP contribution >= 0.6 is 0 Å². The number of rotatable bonds is 3. The molecule has 0 fully saturated rings. The van der Waals surface area contributed by atoms with Gasteiger partial charge in [-0.2, -0.15) is 0 Å². The number of carboxylic acids is 1. The van der Waals surface area contributed by atoms with Crippen molar-refractivity contribution in [1.29, 1.82) is 0 Å². The maximum atomic E-state index is 12.2. The highest BCUT2D eigenvalue weighted by molar-refractivity contribution is 5.96. The number of carbonyl (C=O) groups is 2. The normalized spacial score (nSPS) is 13.1. The first kappa shape index (κ1) is 15.1. The Morgan fingerprint density at radius 1 is 1.24 bits per heavy atom. The molecule has 0 aliphatic carbocycles. The number of fused-ring (bicyclic) bond motifs is 1. The van der Waals surface area contributed by atoms with Gasteiger partial charge in [0, 0.05) is 17.0 Å². The summed E-state index contributed by atoms with van der Waals surface area (Å²) in [5.41, 5.74) is 0.982. The van der Waals surface area contributed by atoms with E-state index in [1.807, 2.05) is 27.7 Å². The average Bonchev–Trinajstić information content (AvgIpc) is 2.79. The zero-order valence-corrected chi connectivity index (χ0v) is 12.6. The van der Waals surface area contributed by atoms with Gasteiger partial charge in [-0.25, -0.2) is 4.79 Å². The number of benzene rings is 1. The molecule has 0 saturated carbocycles. The molecule has 1 amide bonds. The highest BCUT2D eigenvalue weighted by Crippen LogP contribution is 2.28. The SMILES string of the molecule is CC(C(=O)Nc1ccc2oc(C(=O)O)cc2c1)C(C)(C)C. The molecule has 1 atom stereocenters. The summed E-state index contributed by atoms with van der Waals surface area (Å²) in [6.45, 7) is 7.91. The van der Waals surface area contributed by atoms with Crippen LogP contribution in [0, 0.1) is 11.3 Å². The first-order chi connectivity index (χ1) is 9.68. The van der Waals surface area contributed by atoms with E-state index in [9.17, 15) is 9.59 Å². The lowest BCUT2D eigenvalue weighted by molar-refractivity contribution is -0.122. The molecule has 0 bridgehead atoms. The van der Waals surface area contributed by atoms with Gasteiger partial charge >= 0.3 is 5.97 Å². The second-order valence-corrected chi connectivity index (χ2v) is 6.25. The first-order valence-electron chi connectivity index (χ1n) is 6.76. The van der Waals surface area contributed by atoms with Gasteiger partial charge in [0.05, 0.1) is 0 Å². The van der Waals surface area contributed by atoms with Gasteiger partial charge in [0.2, 0.25) is 11.7 Å². The van der Waals surface area contributed by atoms with Gasteiger partial charge < -0.3 is 14.8 Å². The molecule has 1 aromatic heterocycles. The number of hydrogen-bond donors (Lipinski definition) is 2. The second kappa shape index (κ2) is 5.24. The molecular weight excluding hydrogens is 270 g/mol. The fourth-order valence-corrected chi connectivity index (χ4v) is 1.87. The Labute approximate surface area is 122 Å².